The molecule has 0 aliphatic carbocycles. The highest BCUT2D eigenvalue weighted by molar-refractivity contribution is 5.55. The molecule has 1 saturated heterocycles. The molecule has 0 unspecified atom stereocenters. The predicted octanol–water partition coefficient (Wildman–Crippen LogP) is 3.82. The number of hydrogen-bond donors (Lipinski definition) is 1. The average molecular weight is 289 g/mol. The van der Waals surface area contributed by atoms with Gasteiger partial charge in [0.25, 0.3) is 0 Å². The van der Waals surface area contributed by atoms with Gasteiger partial charge in [-0.2, -0.15) is 0 Å². The summed E-state index contributed by atoms with van der Waals surface area (Å²) in [5.41, 5.74) is 2.60. The largest absolute Gasteiger partial charge is 0.385 e. The Morgan fingerprint density at radius 2 is 1.67 bits per heavy atom. The topological polar surface area (TPSA) is 18.5 Å². The third-order valence-corrected chi connectivity index (χ3v) is 4.39. The Morgan fingerprint density at radius 1 is 1.00 bits per heavy atom. The molecular weight excluding hydrogens is 258 g/mol. The van der Waals surface area contributed by atoms with Crippen molar-refractivity contribution in [2.24, 2.45) is 0 Å². The molecule has 1 aromatic carbocycles. The van der Waals surface area contributed by atoms with Crippen LogP contribution in [0.5, 0.6) is 0 Å². The molecule has 1 aliphatic heterocycles. The lowest BCUT2D eigenvalue weighted by Gasteiger charge is -2.38. The monoisotopic (exact) mass is 289 g/mol. The minimum Gasteiger partial charge on any atom is -0.385 e. The Bertz CT molecular complexity index is 391. The highest BCUT2D eigenvalue weighted by Gasteiger charge is 2.18. The van der Waals surface area contributed by atoms with E-state index >= 15 is 0 Å². The molecule has 21 heavy (non-hydrogen) atoms. The molecule has 3 nitrogen and oxygen atoms in total. The van der Waals surface area contributed by atoms with Gasteiger partial charge in [0.2, 0.25) is 0 Å². The van der Waals surface area contributed by atoms with Crippen LogP contribution in [0.15, 0.2) is 24.3 Å². The van der Waals surface area contributed by atoms with Crippen LogP contribution in [0.1, 0.15) is 40.0 Å². The number of piperazine rings is 1. The summed E-state index contributed by atoms with van der Waals surface area (Å²) in [5.74, 6) is 0. The summed E-state index contributed by atoms with van der Waals surface area (Å²) in [6.07, 6.45) is 3.85. The van der Waals surface area contributed by atoms with Crippen molar-refractivity contribution >= 4 is 11.4 Å². The highest BCUT2D eigenvalue weighted by Crippen LogP contribution is 2.20. The zero-order chi connectivity index (χ0) is 15.1. The third-order valence-electron chi connectivity index (χ3n) is 4.39. The lowest BCUT2D eigenvalue weighted by atomic mass is 10.2. The molecule has 0 radical (unpaired) electrons. The van der Waals surface area contributed by atoms with Crippen LogP contribution >= 0.6 is 0 Å². The summed E-state index contributed by atoms with van der Waals surface area (Å²) in [7, 11) is 0. The SMILES string of the molecule is CCCCCNc1ccc(N2CCN(C(C)C)CC2)cc1. The standard InChI is InChI=1S/C18H31N3/c1-4-5-6-11-19-17-7-9-18(10-8-17)21-14-12-20(13-15-21)16(2)3/h7-10,16,19H,4-6,11-15H2,1-3H3. The molecule has 0 bridgehead atoms. The summed E-state index contributed by atoms with van der Waals surface area (Å²) >= 11 is 0. The van der Waals surface area contributed by atoms with Crippen molar-refractivity contribution in [3.63, 3.8) is 0 Å². The molecule has 3 heteroatoms. The van der Waals surface area contributed by atoms with Crippen molar-refractivity contribution in [2.75, 3.05) is 42.9 Å². The van der Waals surface area contributed by atoms with Crippen LogP contribution in [0.4, 0.5) is 11.4 Å². The van der Waals surface area contributed by atoms with Crippen molar-refractivity contribution in [3.8, 4) is 0 Å². The predicted molar refractivity (Wildman–Crippen MR) is 93.4 cm³/mol. The van der Waals surface area contributed by atoms with E-state index in [0.717, 1.165) is 19.6 Å². The van der Waals surface area contributed by atoms with E-state index in [4.69, 9.17) is 0 Å². The maximum absolute atomic E-state index is 3.50. The van der Waals surface area contributed by atoms with Gasteiger partial charge >= 0.3 is 0 Å². The molecule has 118 valence electrons. The molecule has 0 spiro atoms. The lowest BCUT2D eigenvalue weighted by molar-refractivity contribution is 0.209. The highest BCUT2D eigenvalue weighted by atomic mass is 15.3. The van der Waals surface area contributed by atoms with Gasteiger partial charge in [0, 0.05) is 50.1 Å². The van der Waals surface area contributed by atoms with Crippen molar-refractivity contribution in [3.05, 3.63) is 24.3 Å². The molecular formula is C18H31N3. The minimum absolute atomic E-state index is 0.668. The Balaban J connectivity index is 1.80. The quantitative estimate of drug-likeness (QED) is 0.770. The molecule has 0 aromatic heterocycles. The maximum Gasteiger partial charge on any atom is 0.0368 e. The van der Waals surface area contributed by atoms with Gasteiger partial charge in [-0.25, -0.2) is 0 Å². The summed E-state index contributed by atoms with van der Waals surface area (Å²) in [5, 5.41) is 3.50. The van der Waals surface area contributed by atoms with E-state index in [-0.39, 0.29) is 0 Å². The van der Waals surface area contributed by atoms with E-state index in [1.165, 1.54) is 43.7 Å². The summed E-state index contributed by atoms with van der Waals surface area (Å²) in [4.78, 5) is 5.06. The first-order valence-electron chi connectivity index (χ1n) is 8.53. The second kappa shape index (κ2) is 8.28. The summed E-state index contributed by atoms with van der Waals surface area (Å²) < 4.78 is 0. The molecule has 1 N–H and O–H groups in total. The van der Waals surface area contributed by atoms with Gasteiger partial charge in [0.05, 0.1) is 0 Å². The second-order valence-corrected chi connectivity index (χ2v) is 6.30. The Labute approximate surface area is 130 Å². The number of unbranched alkanes of at least 4 members (excludes halogenated alkanes) is 2. The zero-order valence-electron chi connectivity index (χ0n) is 13.9. The lowest BCUT2D eigenvalue weighted by Crippen LogP contribution is -2.48. The molecule has 0 amide bonds. The van der Waals surface area contributed by atoms with Crippen LogP contribution in [-0.2, 0) is 0 Å². The molecule has 1 fully saturated rings. The number of nitrogens with zero attached hydrogens (tertiary/aromatic N) is 2. The number of hydrogen-bond acceptors (Lipinski definition) is 3. The van der Waals surface area contributed by atoms with Gasteiger partial charge in [-0.1, -0.05) is 19.8 Å². The fourth-order valence-electron chi connectivity index (χ4n) is 2.89. The number of benzene rings is 1. The molecule has 1 aliphatic rings. The van der Waals surface area contributed by atoms with Gasteiger partial charge in [0.15, 0.2) is 0 Å². The van der Waals surface area contributed by atoms with Crippen molar-refractivity contribution in [1.82, 2.24) is 4.90 Å². The van der Waals surface area contributed by atoms with Gasteiger partial charge in [-0.15, -0.1) is 0 Å². The van der Waals surface area contributed by atoms with Crippen molar-refractivity contribution < 1.29 is 0 Å². The van der Waals surface area contributed by atoms with Crippen LogP contribution in [0.25, 0.3) is 0 Å². The Morgan fingerprint density at radius 3 is 2.24 bits per heavy atom. The van der Waals surface area contributed by atoms with Crippen molar-refractivity contribution in [1.29, 1.82) is 0 Å². The van der Waals surface area contributed by atoms with Gasteiger partial charge < -0.3 is 10.2 Å². The van der Waals surface area contributed by atoms with Gasteiger partial charge in [-0.05, 0) is 44.5 Å². The van der Waals surface area contributed by atoms with Gasteiger partial charge in [-0.3, -0.25) is 4.90 Å². The zero-order valence-corrected chi connectivity index (χ0v) is 13.9. The van der Waals surface area contributed by atoms with Crippen LogP contribution in [0.3, 0.4) is 0 Å². The first kappa shape index (κ1) is 16.2. The smallest absolute Gasteiger partial charge is 0.0368 e. The fraction of sp³-hybridized carbons (Fsp3) is 0.667. The molecule has 0 saturated carbocycles. The number of rotatable bonds is 7. The first-order chi connectivity index (χ1) is 10.2. The Kier molecular flexibility index (Phi) is 6.37. The van der Waals surface area contributed by atoms with E-state index in [9.17, 15) is 0 Å². The average Bonchev–Trinajstić information content (AvgIpc) is 2.52. The number of nitrogens with one attached hydrogen (secondary N) is 1. The van der Waals surface area contributed by atoms with Crippen LogP contribution in [0, 0.1) is 0 Å². The summed E-state index contributed by atoms with van der Waals surface area (Å²) in [6, 6.07) is 9.62. The van der Waals surface area contributed by atoms with Crippen LogP contribution in [-0.4, -0.2) is 43.7 Å². The fourth-order valence-corrected chi connectivity index (χ4v) is 2.89. The normalized spacial score (nSPS) is 16.5. The van der Waals surface area contributed by atoms with Gasteiger partial charge in [0.1, 0.15) is 0 Å². The first-order valence-corrected chi connectivity index (χ1v) is 8.53. The second-order valence-electron chi connectivity index (χ2n) is 6.30. The molecule has 1 heterocycles. The molecule has 1 aromatic rings. The van der Waals surface area contributed by atoms with Crippen LogP contribution < -0.4 is 10.2 Å². The van der Waals surface area contributed by atoms with E-state index in [1.807, 2.05) is 0 Å². The maximum atomic E-state index is 3.50. The van der Waals surface area contributed by atoms with Crippen LogP contribution in [0.2, 0.25) is 0 Å². The van der Waals surface area contributed by atoms with Crippen molar-refractivity contribution in [2.45, 2.75) is 46.1 Å². The third kappa shape index (κ3) is 4.92. The Hall–Kier alpha value is -1.22. The molecule has 2 rings (SSSR count). The number of anilines is 2. The summed E-state index contributed by atoms with van der Waals surface area (Å²) in [6.45, 7) is 12.5. The van der Waals surface area contributed by atoms with E-state index in [0.29, 0.717) is 6.04 Å². The minimum atomic E-state index is 0.668. The van der Waals surface area contributed by atoms with E-state index < -0.39 is 0 Å². The van der Waals surface area contributed by atoms with E-state index in [1.54, 1.807) is 0 Å². The molecule has 0 atom stereocenters. The van der Waals surface area contributed by atoms with E-state index in [2.05, 4.69) is 60.2 Å².